The molecular formula is C23H34N4O2. The molecule has 1 saturated carbocycles. The second-order valence-corrected chi connectivity index (χ2v) is 9.61. The van der Waals surface area contributed by atoms with E-state index in [2.05, 4.69) is 28.1 Å². The summed E-state index contributed by atoms with van der Waals surface area (Å²) < 4.78 is 5.53. The fourth-order valence-electron chi connectivity index (χ4n) is 4.83. The topological polar surface area (TPSA) is 71.2 Å². The van der Waals surface area contributed by atoms with Crippen LogP contribution in [-0.4, -0.2) is 41.7 Å². The molecule has 29 heavy (non-hydrogen) atoms. The molecule has 0 bridgehead atoms. The summed E-state index contributed by atoms with van der Waals surface area (Å²) in [6, 6.07) is 7.28. The molecule has 0 radical (unpaired) electrons. The summed E-state index contributed by atoms with van der Waals surface area (Å²) in [5.74, 6) is 1.13. The fraction of sp³-hybridized carbons (Fsp3) is 0.652. The number of benzene rings is 1. The number of hydrogen-bond acceptors (Lipinski definition) is 5. The Morgan fingerprint density at radius 3 is 2.48 bits per heavy atom. The zero-order chi connectivity index (χ0) is 20.6. The molecule has 1 amide bonds. The highest BCUT2D eigenvalue weighted by atomic mass is 16.6. The number of piperidine rings is 1. The van der Waals surface area contributed by atoms with Gasteiger partial charge in [0.25, 0.3) is 0 Å². The first-order valence-electron chi connectivity index (χ1n) is 11.0. The van der Waals surface area contributed by atoms with Gasteiger partial charge in [0.2, 0.25) is 0 Å². The minimum atomic E-state index is -0.447. The van der Waals surface area contributed by atoms with Gasteiger partial charge in [-0.25, -0.2) is 9.79 Å². The van der Waals surface area contributed by atoms with Crippen molar-refractivity contribution in [2.24, 2.45) is 10.7 Å². The molecule has 2 fully saturated rings. The van der Waals surface area contributed by atoms with E-state index >= 15 is 0 Å². The Morgan fingerprint density at radius 1 is 1.14 bits per heavy atom. The van der Waals surface area contributed by atoms with Gasteiger partial charge in [-0.15, -0.1) is 0 Å². The van der Waals surface area contributed by atoms with Gasteiger partial charge >= 0.3 is 6.09 Å². The van der Waals surface area contributed by atoms with Crippen molar-refractivity contribution < 1.29 is 9.53 Å². The van der Waals surface area contributed by atoms with Gasteiger partial charge in [-0.3, -0.25) is 0 Å². The summed E-state index contributed by atoms with van der Waals surface area (Å²) in [7, 11) is 0. The number of anilines is 1. The molecule has 3 aliphatic rings. The monoisotopic (exact) mass is 398 g/mol. The largest absolute Gasteiger partial charge is 0.444 e. The third-order valence-electron chi connectivity index (χ3n) is 6.34. The maximum absolute atomic E-state index is 12.3. The normalized spacial score (nSPS) is 21.1. The van der Waals surface area contributed by atoms with Crippen molar-refractivity contribution >= 4 is 17.7 Å². The van der Waals surface area contributed by atoms with Crippen molar-refractivity contribution in [3.63, 3.8) is 0 Å². The van der Waals surface area contributed by atoms with E-state index in [1.54, 1.807) is 0 Å². The molecule has 158 valence electrons. The van der Waals surface area contributed by atoms with Crippen LogP contribution in [0, 0.1) is 0 Å². The summed E-state index contributed by atoms with van der Waals surface area (Å²) in [6.07, 6.45) is 6.65. The second-order valence-electron chi connectivity index (χ2n) is 9.61. The number of ether oxygens (including phenoxy) is 1. The van der Waals surface area contributed by atoms with Crippen LogP contribution in [0.1, 0.15) is 76.3 Å². The lowest BCUT2D eigenvalue weighted by Gasteiger charge is -2.36. The van der Waals surface area contributed by atoms with Crippen LogP contribution in [0.2, 0.25) is 0 Å². The van der Waals surface area contributed by atoms with Crippen molar-refractivity contribution in [2.45, 2.75) is 83.4 Å². The fourth-order valence-corrected chi connectivity index (χ4v) is 4.83. The number of likely N-dealkylation sites (tertiary alicyclic amines) is 1. The molecule has 1 aromatic carbocycles. The van der Waals surface area contributed by atoms with E-state index in [1.165, 1.54) is 42.5 Å². The lowest BCUT2D eigenvalue weighted by atomic mass is 9.88. The molecule has 0 spiro atoms. The quantitative estimate of drug-likeness (QED) is 0.803. The first-order valence-corrected chi connectivity index (χ1v) is 11.0. The van der Waals surface area contributed by atoms with Crippen molar-refractivity contribution in [1.29, 1.82) is 0 Å². The third kappa shape index (κ3) is 4.36. The van der Waals surface area contributed by atoms with Crippen molar-refractivity contribution in [3.8, 4) is 0 Å². The Balaban J connectivity index is 1.47. The highest BCUT2D eigenvalue weighted by Crippen LogP contribution is 2.37. The Bertz CT molecular complexity index is 785. The summed E-state index contributed by atoms with van der Waals surface area (Å²) in [5.41, 5.74) is 9.74. The zero-order valence-corrected chi connectivity index (χ0v) is 18.0. The van der Waals surface area contributed by atoms with Gasteiger partial charge in [0.1, 0.15) is 5.60 Å². The number of rotatable bonds is 2. The number of nitrogens with zero attached hydrogens (tertiary/aromatic N) is 3. The number of nitrogens with two attached hydrogens (primary N) is 1. The summed E-state index contributed by atoms with van der Waals surface area (Å²) in [5, 5.41) is 0. The van der Waals surface area contributed by atoms with Crippen molar-refractivity contribution in [1.82, 2.24) is 4.90 Å². The Labute approximate surface area is 174 Å². The standard InChI is InChI=1S/C23H34N4O2/c1-23(2,3)29-22(28)26-12-10-16(11-13-26)17-8-9-18-15-25-21(24)27(20(18)14-17)19-6-4-5-7-19/h8-9,14,16,19H,4-7,10-13,15H2,1-3H3,(H2,24,25). The lowest BCUT2D eigenvalue weighted by molar-refractivity contribution is 0.0205. The predicted octanol–water partition coefficient (Wildman–Crippen LogP) is 4.38. The number of fused-ring (bicyclic) bond motifs is 1. The van der Waals surface area contributed by atoms with Gasteiger partial charge in [-0.2, -0.15) is 0 Å². The number of guanidine groups is 1. The maximum Gasteiger partial charge on any atom is 0.410 e. The van der Waals surface area contributed by atoms with Crippen LogP contribution in [0.15, 0.2) is 23.2 Å². The molecule has 2 heterocycles. The first-order chi connectivity index (χ1) is 13.8. The molecule has 4 rings (SSSR count). The highest BCUT2D eigenvalue weighted by molar-refractivity contribution is 5.97. The Hall–Kier alpha value is -2.24. The van der Waals surface area contributed by atoms with Crippen LogP contribution >= 0.6 is 0 Å². The molecule has 0 atom stereocenters. The number of amides is 1. The van der Waals surface area contributed by atoms with Gasteiger partial charge < -0.3 is 20.3 Å². The summed E-state index contributed by atoms with van der Waals surface area (Å²) in [4.78, 5) is 21.0. The Morgan fingerprint density at radius 2 is 1.83 bits per heavy atom. The molecular weight excluding hydrogens is 364 g/mol. The van der Waals surface area contributed by atoms with Crippen molar-refractivity contribution in [2.75, 3.05) is 18.0 Å². The summed E-state index contributed by atoms with van der Waals surface area (Å²) in [6.45, 7) is 7.89. The van der Waals surface area contributed by atoms with E-state index in [1.807, 2.05) is 25.7 Å². The van der Waals surface area contributed by atoms with Crippen LogP contribution in [0.4, 0.5) is 10.5 Å². The van der Waals surface area contributed by atoms with Gasteiger partial charge in [0.15, 0.2) is 5.96 Å². The summed E-state index contributed by atoms with van der Waals surface area (Å²) >= 11 is 0. The first kappa shape index (κ1) is 20.0. The van der Waals surface area contributed by atoms with Crippen LogP contribution in [0.3, 0.4) is 0 Å². The van der Waals surface area contributed by atoms with Gasteiger partial charge in [0, 0.05) is 24.8 Å². The average Bonchev–Trinajstić information content (AvgIpc) is 3.20. The van der Waals surface area contributed by atoms with E-state index < -0.39 is 5.60 Å². The van der Waals surface area contributed by atoms with Gasteiger partial charge in [-0.1, -0.05) is 25.0 Å². The van der Waals surface area contributed by atoms with E-state index in [9.17, 15) is 4.79 Å². The molecule has 0 unspecified atom stereocenters. The van der Waals surface area contributed by atoms with E-state index in [0.29, 0.717) is 24.5 Å². The van der Waals surface area contributed by atoms with Crippen LogP contribution in [0.25, 0.3) is 0 Å². The molecule has 1 aliphatic carbocycles. The average molecular weight is 399 g/mol. The van der Waals surface area contributed by atoms with Crippen LogP contribution in [0.5, 0.6) is 0 Å². The molecule has 1 aromatic rings. The van der Waals surface area contributed by atoms with Gasteiger partial charge in [-0.05, 0) is 69.6 Å². The number of aliphatic imine (C=N–C) groups is 1. The highest BCUT2D eigenvalue weighted by Gasteiger charge is 2.31. The molecule has 2 aliphatic heterocycles. The minimum Gasteiger partial charge on any atom is -0.444 e. The van der Waals surface area contributed by atoms with Gasteiger partial charge in [0.05, 0.1) is 6.54 Å². The van der Waals surface area contributed by atoms with E-state index in [4.69, 9.17) is 10.5 Å². The zero-order valence-electron chi connectivity index (χ0n) is 18.0. The predicted molar refractivity (Wildman–Crippen MR) is 116 cm³/mol. The van der Waals surface area contributed by atoms with E-state index in [0.717, 1.165) is 25.9 Å². The Kier molecular flexibility index (Phi) is 5.45. The molecule has 6 heteroatoms. The molecule has 2 N–H and O–H groups in total. The minimum absolute atomic E-state index is 0.196. The molecule has 0 aromatic heterocycles. The maximum atomic E-state index is 12.3. The number of carbonyl (C=O) groups excluding carboxylic acids is 1. The SMILES string of the molecule is CC(C)(C)OC(=O)N1CCC(c2ccc3c(c2)N(C2CCCC2)C(N)=NC3)CC1. The number of hydrogen-bond donors (Lipinski definition) is 1. The molecule has 6 nitrogen and oxygen atoms in total. The second kappa shape index (κ2) is 7.88. The lowest BCUT2D eigenvalue weighted by Crippen LogP contribution is -2.46. The number of carbonyl (C=O) groups is 1. The smallest absolute Gasteiger partial charge is 0.410 e. The van der Waals surface area contributed by atoms with E-state index in [-0.39, 0.29) is 6.09 Å². The van der Waals surface area contributed by atoms with Crippen LogP contribution in [-0.2, 0) is 11.3 Å². The van der Waals surface area contributed by atoms with Crippen molar-refractivity contribution in [3.05, 3.63) is 29.3 Å². The molecule has 1 saturated heterocycles. The third-order valence-corrected chi connectivity index (χ3v) is 6.34. The van der Waals surface area contributed by atoms with Crippen LogP contribution < -0.4 is 10.6 Å².